The molecule has 3 nitrogen and oxygen atoms in total. The number of aryl methyl sites for hydroxylation is 1. The highest BCUT2D eigenvalue weighted by molar-refractivity contribution is 8.04. The summed E-state index contributed by atoms with van der Waals surface area (Å²) in [6.07, 6.45) is 1.96. The molecule has 3 aromatic rings. The number of thioether (sulfide) groups is 1. The van der Waals surface area contributed by atoms with Crippen molar-refractivity contribution in [2.75, 3.05) is 5.75 Å². The SMILES string of the molecule is Cc1ccc(S(=O)(=O)N2/C(=C/c3ccccc3)SCC2c2ccccc2)cc1. The quantitative estimate of drug-likeness (QED) is 0.575. The van der Waals surface area contributed by atoms with Crippen LogP contribution in [0.25, 0.3) is 6.08 Å². The van der Waals surface area contributed by atoms with E-state index in [-0.39, 0.29) is 6.04 Å². The van der Waals surface area contributed by atoms with E-state index in [0.717, 1.165) is 21.7 Å². The van der Waals surface area contributed by atoms with E-state index in [2.05, 4.69) is 0 Å². The van der Waals surface area contributed by atoms with Crippen molar-refractivity contribution in [3.05, 3.63) is 107 Å². The van der Waals surface area contributed by atoms with Crippen molar-refractivity contribution < 1.29 is 8.42 Å². The molecule has 28 heavy (non-hydrogen) atoms. The lowest BCUT2D eigenvalue weighted by molar-refractivity contribution is 0.443. The van der Waals surface area contributed by atoms with Gasteiger partial charge in [0, 0.05) is 5.75 Å². The van der Waals surface area contributed by atoms with Crippen molar-refractivity contribution in [2.24, 2.45) is 0 Å². The summed E-state index contributed by atoms with van der Waals surface area (Å²) in [5.74, 6) is 0.688. The molecule has 1 atom stereocenters. The molecule has 0 aromatic heterocycles. The number of benzene rings is 3. The summed E-state index contributed by atoms with van der Waals surface area (Å²) in [6, 6.07) is 26.5. The Morgan fingerprint density at radius 1 is 0.893 bits per heavy atom. The van der Waals surface area contributed by atoms with Crippen molar-refractivity contribution >= 4 is 27.9 Å². The van der Waals surface area contributed by atoms with Crippen molar-refractivity contribution in [3.63, 3.8) is 0 Å². The molecule has 1 fully saturated rings. The molecule has 1 aliphatic heterocycles. The van der Waals surface area contributed by atoms with E-state index in [1.54, 1.807) is 28.2 Å². The molecule has 0 amide bonds. The Bertz CT molecular complexity index is 1080. The normalized spacial score (nSPS) is 18.5. The zero-order chi connectivity index (χ0) is 19.6. The fourth-order valence-electron chi connectivity index (χ4n) is 3.26. The number of nitrogens with zero attached hydrogens (tertiary/aromatic N) is 1. The molecule has 0 radical (unpaired) electrons. The molecule has 142 valence electrons. The molecule has 1 aliphatic rings. The van der Waals surface area contributed by atoms with E-state index in [4.69, 9.17) is 0 Å². The fraction of sp³-hybridized carbons (Fsp3) is 0.130. The molecule has 0 N–H and O–H groups in total. The first-order valence-corrected chi connectivity index (χ1v) is 11.5. The number of hydrogen-bond acceptors (Lipinski definition) is 3. The van der Waals surface area contributed by atoms with Gasteiger partial charge in [-0.25, -0.2) is 8.42 Å². The second-order valence-electron chi connectivity index (χ2n) is 6.74. The lowest BCUT2D eigenvalue weighted by atomic mass is 10.1. The lowest BCUT2D eigenvalue weighted by Crippen LogP contribution is -2.30. The molecule has 0 saturated carbocycles. The van der Waals surface area contributed by atoms with E-state index in [9.17, 15) is 8.42 Å². The maximum absolute atomic E-state index is 13.6. The van der Waals surface area contributed by atoms with Crippen molar-refractivity contribution in [1.29, 1.82) is 0 Å². The van der Waals surface area contributed by atoms with Gasteiger partial charge in [-0.2, -0.15) is 0 Å². The van der Waals surface area contributed by atoms with Gasteiger partial charge < -0.3 is 0 Å². The number of hydrogen-bond donors (Lipinski definition) is 0. The van der Waals surface area contributed by atoms with Gasteiger partial charge in [-0.15, -0.1) is 11.8 Å². The molecule has 0 bridgehead atoms. The molecule has 4 rings (SSSR count). The summed E-state index contributed by atoms with van der Waals surface area (Å²) >= 11 is 1.58. The summed E-state index contributed by atoms with van der Waals surface area (Å²) in [7, 11) is -3.68. The number of rotatable bonds is 4. The minimum Gasteiger partial charge on any atom is -0.252 e. The molecule has 0 aliphatic carbocycles. The van der Waals surface area contributed by atoms with E-state index in [0.29, 0.717) is 10.6 Å². The molecule has 1 saturated heterocycles. The Hall–Kier alpha value is -2.50. The lowest BCUT2D eigenvalue weighted by Gasteiger charge is -2.27. The van der Waals surface area contributed by atoms with Gasteiger partial charge in [0.25, 0.3) is 10.0 Å². The van der Waals surface area contributed by atoms with Gasteiger partial charge in [0.05, 0.1) is 16.0 Å². The molecular formula is C23H21NO2S2. The second kappa shape index (κ2) is 7.86. The Morgan fingerprint density at radius 2 is 1.50 bits per heavy atom. The maximum atomic E-state index is 13.6. The van der Waals surface area contributed by atoms with Crippen molar-refractivity contribution in [2.45, 2.75) is 17.9 Å². The van der Waals surface area contributed by atoms with Crippen LogP contribution < -0.4 is 0 Å². The van der Waals surface area contributed by atoms with Crippen LogP contribution in [0.15, 0.2) is 94.9 Å². The minimum atomic E-state index is -3.68. The minimum absolute atomic E-state index is 0.229. The van der Waals surface area contributed by atoms with E-state index in [1.165, 1.54) is 0 Å². The predicted molar refractivity (Wildman–Crippen MR) is 116 cm³/mol. The molecule has 1 unspecified atom stereocenters. The van der Waals surface area contributed by atoms with E-state index >= 15 is 0 Å². The summed E-state index contributed by atoms with van der Waals surface area (Å²) < 4.78 is 28.8. The predicted octanol–water partition coefficient (Wildman–Crippen LogP) is 5.47. The largest absolute Gasteiger partial charge is 0.265 e. The van der Waals surface area contributed by atoms with Crippen LogP contribution in [0.4, 0.5) is 0 Å². The summed E-state index contributed by atoms with van der Waals surface area (Å²) in [6.45, 7) is 1.95. The maximum Gasteiger partial charge on any atom is 0.265 e. The highest BCUT2D eigenvalue weighted by atomic mass is 32.2. The molecule has 0 spiro atoms. The first-order chi connectivity index (χ1) is 13.6. The van der Waals surface area contributed by atoms with Crippen LogP contribution in [0.3, 0.4) is 0 Å². The van der Waals surface area contributed by atoms with Crippen LogP contribution in [-0.2, 0) is 10.0 Å². The third kappa shape index (κ3) is 3.73. The second-order valence-corrected chi connectivity index (χ2v) is 9.60. The van der Waals surface area contributed by atoms with Crippen molar-refractivity contribution in [3.8, 4) is 0 Å². The Kier molecular flexibility index (Phi) is 5.29. The highest BCUT2D eigenvalue weighted by Crippen LogP contribution is 2.45. The average molecular weight is 408 g/mol. The first-order valence-electron chi connectivity index (χ1n) is 9.11. The van der Waals surface area contributed by atoms with Crippen LogP contribution in [0.1, 0.15) is 22.7 Å². The third-order valence-corrected chi connectivity index (χ3v) is 7.79. The summed E-state index contributed by atoms with van der Waals surface area (Å²) in [5, 5.41) is 0.751. The van der Waals surface area contributed by atoms with Crippen LogP contribution in [-0.4, -0.2) is 18.5 Å². The van der Waals surface area contributed by atoms with Gasteiger partial charge in [0.2, 0.25) is 0 Å². The Morgan fingerprint density at radius 3 is 2.14 bits per heavy atom. The molecular weight excluding hydrogens is 386 g/mol. The zero-order valence-electron chi connectivity index (χ0n) is 15.5. The van der Waals surface area contributed by atoms with Crippen LogP contribution in [0, 0.1) is 6.92 Å². The average Bonchev–Trinajstić information content (AvgIpc) is 3.14. The Labute approximate surface area is 170 Å². The topological polar surface area (TPSA) is 37.4 Å². The van der Waals surface area contributed by atoms with Crippen LogP contribution in [0.2, 0.25) is 0 Å². The van der Waals surface area contributed by atoms with Crippen LogP contribution in [0.5, 0.6) is 0 Å². The monoisotopic (exact) mass is 407 g/mol. The summed E-state index contributed by atoms with van der Waals surface area (Å²) in [5.41, 5.74) is 3.03. The fourth-order valence-corrected chi connectivity index (χ4v) is 6.48. The van der Waals surface area contributed by atoms with Gasteiger partial charge in [-0.05, 0) is 36.3 Å². The van der Waals surface area contributed by atoms with Gasteiger partial charge in [0.1, 0.15) is 0 Å². The van der Waals surface area contributed by atoms with E-state index in [1.807, 2.05) is 85.8 Å². The standard InChI is InChI=1S/C23H21NO2S2/c1-18-12-14-21(15-13-18)28(25,26)24-22(20-10-6-3-7-11-20)17-27-23(24)16-19-8-4-2-5-9-19/h2-16,22H,17H2,1H3/b23-16-. The highest BCUT2D eigenvalue weighted by Gasteiger charge is 2.39. The number of sulfonamides is 1. The zero-order valence-corrected chi connectivity index (χ0v) is 17.2. The smallest absolute Gasteiger partial charge is 0.252 e. The van der Waals surface area contributed by atoms with Gasteiger partial charge in [-0.3, -0.25) is 4.31 Å². The van der Waals surface area contributed by atoms with Gasteiger partial charge in [0.15, 0.2) is 0 Å². The molecule has 1 heterocycles. The molecule has 3 aromatic carbocycles. The van der Waals surface area contributed by atoms with E-state index < -0.39 is 10.0 Å². The third-order valence-electron chi connectivity index (χ3n) is 4.74. The summed E-state index contributed by atoms with van der Waals surface area (Å²) in [4.78, 5) is 0.320. The van der Waals surface area contributed by atoms with Gasteiger partial charge in [-0.1, -0.05) is 78.4 Å². The van der Waals surface area contributed by atoms with Gasteiger partial charge >= 0.3 is 0 Å². The first kappa shape index (κ1) is 18.8. The van der Waals surface area contributed by atoms with Crippen LogP contribution >= 0.6 is 11.8 Å². The molecule has 5 heteroatoms. The van der Waals surface area contributed by atoms with Crippen molar-refractivity contribution in [1.82, 2.24) is 4.31 Å². The Balaban J connectivity index is 1.82.